The van der Waals surface area contributed by atoms with Gasteiger partial charge in [-0.3, -0.25) is 4.79 Å². The van der Waals surface area contributed by atoms with E-state index in [1.165, 1.54) is 19.1 Å². The zero-order valence-corrected chi connectivity index (χ0v) is 14.2. The maximum Gasteiger partial charge on any atom is 0.340 e. The van der Waals surface area contributed by atoms with Crippen LogP contribution >= 0.6 is 23.2 Å². The average Bonchev–Trinajstić information content (AvgIpc) is 3.00. The van der Waals surface area contributed by atoms with E-state index in [1.807, 2.05) is 24.3 Å². The van der Waals surface area contributed by atoms with Crippen molar-refractivity contribution < 1.29 is 14.3 Å². The SMILES string of the molecule is CC(OC(=O)c1cc(Cl)ccc1Cl)C(=O)c1c[nH]c2ccccc12. The normalized spacial score (nSPS) is 12.1. The third kappa shape index (κ3) is 3.16. The Morgan fingerprint density at radius 3 is 2.62 bits per heavy atom. The number of esters is 1. The highest BCUT2D eigenvalue weighted by molar-refractivity contribution is 6.35. The number of benzene rings is 2. The maximum atomic E-state index is 12.6. The topological polar surface area (TPSA) is 59.2 Å². The zero-order chi connectivity index (χ0) is 17.3. The first kappa shape index (κ1) is 16.6. The summed E-state index contributed by atoms with van der Waals surface area (Å²) in [5.74, 6) is -0.984. The Bertz CT molecular complexity index is 933. The molecule has 0 amide bonds. The fraction of sp³-hybridized carbons (Fsp3) is 0.111. The lowest BCUT2D eigenvalue weighted by atomic mass is 10.1. The molecule has 3 rings (SSSR count). The largest absolute Gasteiger partial charge is 0.451 e. The molecule has 0 bridgehead atoms. The molecule has 0 aliphatic rings. The molecular weight excluding hydrogens is 349 g/mol. The molecule has 0 radical (unpaired) electrons. The number of hydrogen-bond donors (Lipinski definition) is 1. The first-order valence-electron chi connectivity index (χ1n) is 7.23. The molecule has 1 N–H and O–H groups in total. The summed E-state index contributed by atoms with van der Waals surface area (Å²) in [6, 6.07) is 11.9. The van der Waals surface area contributed by atoms with Crippen molar-refractivity contribution >= 4 is 45.9 Å². The smallest absolute Gasteiger partial charge is 0.340 e. The molecule has 0 saturated carbocycles. The second kappa shape index (κ2) is 6.67. The molecule has 0 spiro atoms. The standard InChI is InChI=1S/C18H13Cl2NO3/c1-10(24-18(23)13-8-11(19)6-7-15(13)20)17(22)14-9-21-16-5-3-2-4-12(14)16/h2-10,21H,1H3. The molecule has 0 fully saturated rings. The van der Waals surface area contributed by atoms with Gasteiger partial charge in [0, 0.05) is 27.7 Å². The van der Waals surface area contributed by atoms with Gasteiger partial charge in [-0.1, -0.05) is 41.4 Å². The van der Waals surface area contributed by atoms with Gasteiger partial charge in [0.1, 0.15) is 0 Å². The van der Waals surface area contributed by atoms with Crippen molar-refractivity contribution in [1.29, 1.82) is 0 Å². The number of fused-ring (bicyclic) bond motifs is 1. The lowest BCUT2D eigenvalue weighted by molar-refractivity contribution is 0.0319. The molecule has 122 valence electrons. The average molecular weight is 362 g/mol. The van der Waals surface area contributed by atoms with Gasteiger partial charge in [-0.25, -0.2) is 4.79 Å². The van der Waals surface area contributed by atoms with Crippen molar-refractivity contribution in [3.8, 4) is 0 Å². The van der Waals surface area contributed by atoms with E-state index in [-0.39, 0.29) is 16.4 Å². The highest BCUT2D eigenvalue weighted by atomic mass is 35.5. The Morgan fingerprint density at radius 2 is 1.83 bits per heavy atom. The van der Waals surface area contributed by atoms with Gasteiger partial charge in [-0.2, -0.15) is 0 Å². The van der Waals surface area contributed by atoms with Crippen molar-refractivity contribution in [3.63, 3.8) is 0 Å². The van der Waals surface area contributed by atoms with Crippen LogP contribution in [-0.4, -0.2) is 22.8 Å². The van der Waals surface area contributed by atoms with Gasteiger partial charge < -0.3 is 9.72 Å². The molecule has 1 atom stereocenters. The Morgan fingerprint density at radius 1 is 1.08 bits per heavy atom. The maximum absolute atomic E-state index is 12.6. The fourth-order valence-electron chi connectivity index (χ4n) is 2.43. The first-order valence-corrected chi connectivity index (χ1v) is 7.99. The van der Waals surface area contributed by atoms with Crippen LogP contribution in [0.2, 0.25) is 10.0 Å². The van der Waals surface area contributed by atoms with Crippen molar-refractivity contribution in [2.75, 3.05) is 0 Å². The number of carbonyl (C=O) groups is 2. The summed E-state index contributed by atoms with van der Waals surface area (Å²) in [7, 11) is 0. The summed E-state index contributed by atoms with van der Waals surface area (Å²) >= 11 is 11.9. The van der Waals surface area contributed by atoms with Gasteiger partial charge in [0.15, 0.2) is 6.10 Å². The fourth-order valence-corrected chi connectivity index (χ4v) is 2.79. The van der Waals surface area contributed by atoms with Crippen LogP contribution in [-0.2, 0) is 4.74 Å². The van der Waals surface area contributed by atoms with E-state index in [4.69, 9.17) is 27.9 Å². The van der Waals surface area contributed by atoms with Gasteiger partial charge in [0.25, 0.3) is 0 Å². The van der Waals surface area contributed by atoms with Crippen LogP contribution in [0.15, 0.2) is 48.7 Å². The molecule has 3 aromatic rings. The number of rotatable bonds is 4. The Labute approximate surface area is 148 Å². The Hall–Kier alpha value is -2.30. The predicted octanol–water partition coefficient (Wildman–Crippen LogP) is 4.90. The van der Waals surface area contributed by atoms with Gasteiger partial charge in [-0.05, 0) is 31.2 Å². The van der Waals surface area contributed by atoms with Crippen LogP contribution in [0.25, 0.3) is 10.9 Å². The number of aromatic nitrogens is 1. The quantitative estimate of drug-likeness (QED) is 0.530. The van der Waals surface area contributed by atoms with Gasteiger partial charge in [-0.15, -0.1) is 0 Å². The Kier molecular flexibility index (Phi) is 4.60. The Balaban J connectivity index is 1.81. The number of hydrogen-bond acceptors (Lipinski definition) is 3. The van der Waals surface area contributed by atoms with Crippen LogP contribution in [0.1, 0.15) is 27.6 Å². The van der Waals surface area contributed by atoms with Gasteiger partial charge in [0.2, 0.25) is 5.78 Å². The van der Waals surface area contributed by atoms with Crippen LogP contribution in [0.5, 0.6) is 0 Å². The number of H-pyrrole nitrogens is 1. The third-order valence-electron chi connectivity index (χ3n) is 3.66. The predicted molar refractivity (Wildman–Crippen MR) is 94.0 cm³/mol. The van der Waals surface area contributed by atoms with E-state index in [2.05, 4.69) is 4.98 Å². The molecule has 0 aliphatic carbocycles. The molecule has 2 aromatic carbocycles. The van der Waals surface area contributed by atoms with E-state index in [1.54, 1.807) is 12.3 Å². The van der Waals surface area contributed by atoms with Crippen molar-refractivity contribution in [2.24, 2.45) is 0 Å². The highest BCUT2D eigenvalue weighted by Crippen LogP contribution is 2.23. The second-order valence-electron chi connectivity index (χ2n) is 5.28. The lowest BCUT2D eigenvalue weighted by Crippen LogP contribution is -2.24. The van der Waals surface area contributed by atoms with Crippen molar-refractivity contribution in [2.45, 2.75) is 13.0 Å². The number of Topliss-reactive ketones (excluding diaryl/α,β-unsaturated/α-hetero) is 1. The molecule has 1 unspecified atom stereocenters. The number of ether oxygens (including phenoxy) is 1. The van der Waals surface area contributed by atoms with Gasteiger partial charge in [0.05, 0.1) is 10.6 Å². The summed E-state index contributed by atoms with van der Waals surface area (Å²) in [6.45, 7) is 1.53. The molecule has 1 heterocycles. The van der Waals surface area contributed by atoms with Crippen molar-refractivity contribution in [3.05, 3.63) is 69.8 Å². The second-order valence-corrected chi connectivity index (χ2v) is 6.13. The van der Waals surface area contributed by atoms with Crippen LogP contribution < -0.4 is 0 Å². The molecule has 0 saturated heterocycles. The summed E-state index contributed by atoms with van der Waals surface area (Å²) in [6.07, 6.45) is 0.663. The summed E-state index contributed by atoms with van der Waals surface area (Å²) in [5, 5.41) is 1.37. The minimum atomic E-state index is -0.952. The minimum Gasteiger partial charge on any atom is -0.451 e. The van der Waals surface area contributed by atoms with Crippen LogP contribution in [0.4, 0.5) is 0 Å². The van der Waals surface area contributed by atoms with E-state index in [0.717, 1.165) is 10.9 Å². The van der Waals surface area contributed by atoms with E-state index < -0.39 is 12.1 Å². The molecular formula is C18H13Cl2NO3. The number of carbonyl (C=O) groups excluding carboxylic acids is 2. The third-order valence-corrected chi connectivity index (χ3v) is 4.22. The van der Waals surface area contributed by atoms with Crippen LogP contribution in [0.3, 0.4) is 0 Å². The number of para-hydroxylation sites is 1. The zero-order valence-electron chi connectivity index (χ0n) is 12.7. The first-order chi connectivity index (χ1) is 11.5. The molecule has 0 aliphatic heterocycles. The number of ketones is 1. The number of aromatic amines is 1. The van der Waals surface area contributed by atoms with Crippen LogP contribution in [0, 0.1) is 0 Å². The van der Waals surface area contributed by atoms with E-state index in [0.29, 0.717) is 10.6 Å². The van der Waals surface area contributed by atoms with E-state index >= 15 is 0 Å². The lowest BCUT2D eigenvalue weighted by Gasteiger charge is -2.12. The van der Waals surface area contributed by atoms with Gasteiger partial charge >= 0.3 is 5.97 Å². The summed E-state index contributed by atoms with van der Waals surface area (Å²) in [5.41, 5.74) is 1.45. The molecule has 6 heteroatoms. The number of halogens is 2. The summed E-state index contributed by atoms with van der Waals surface area (Å²) in [4.78, 5) is 27.8. The molecule has 1 aromatic heterocycles. The molecule has 4 nitrogen and oxygen atoms in total. The molecule has 24 heavy (non-hydrogen) atoms. The summed E-state index contributed by atoms with van der Waals surface area (Å²) < 4.78 is 5.26. The minimum absolute atomic E-state index is 0.128. The van der Waals surface area contributed by atoms with Crippen molar-refractivity contribution in [1.82, 2.24) is 4.98 Å². The monoisotopic (exact) mass is 361 g/mol. The van der Waals surface area contributed by atoms with E-state index in [9.17, 15) is 9.59 Å². The highest BCUT2D eigenvalue weighted by Gasteiger charge is 2.24. The number of nitrogens with one attached hydrogen (secondary N) is 1.